The Balaban J connectivity index is 1.57. The van der Waals surface area contributed by atoms with Gasteiger partial charge in [-0.05, 0) is 49.9 Å². The van der Waals surface area contributed by atoms with Crippen molar-refractivity contribution in [2.45, 2.75) is 25.7 Å². The van der Waals surface area contributed by atoms with Crippen LogP contribution in [0, 0.1) is 17.7 Å². The third kappa shape index (κ3) is 4.12. The molecule has 0 saturated carbocycles. The summed E-state index contributed by atoms with van der Waals surface area (Å²) < 4.78 is 12.9. The van der Waals surface area contributed by atoms with Crippen LogP contribution in [0.4, 0.5) is 10.1 Å². The summed E-state index contributed by atoms with van der Waals surface area (Å²) in [6.07, 6.45) is 3.89. The summed E-state index contributed by atoms with van der Waals surface area (Å²) in [6, 6.07) is 5.72. The van der Waals surface area contributed by atoms with E-state index in [0.717, 1.165) is 25.9 Å². The minimum atomic E-state index is -0.334. The van der Waals surface area contributed by atoms with Crippen LogP contribution >= 0.6 is 0 Å². The van der Waals surface area contributed by atoms with Crippen molar-refractivity contribution in [3.05, 3.63) is 30.1 Å². The van der Waals surface area contributed by atoms with Crippen molar-refractivity contribution in [2.75, 3.05) is 31.5 Å². The number of likely N-dealkylation sites (tertiary alicyclic amines) is 1. The van der Waals surface area contributed by atoms with E-state index in [1.807, 2.05) is 4.90 Å². The van der Waals surface area contributed by atoms with E-state index < -0.39 is 0 Å². The highest BCUT2D eigenvalue weighted by atomic mass is 19.1. The largest absolute Gasteiger partial charge is 0.342 e. The average Bonchev–Trinajstić information content (AvgIpc) is 2.64. The number of rotatable bonds is 3. The molecule has 5 nitrogen and oxygen atoms in total. The molecule has 0 aliphatic carbocycles. The van der Waals surface area contributed by atoms with Crippen LogP contribution in [-0.2, 0) is 9.59 Å². The van der Waals surface area contributed by atoms with Gasteiger partial charge in [-0.25, -0.2) is 4.39 Å². The topological polar surface area (TPSA) is 61.4 Å². The van der Waals surface area contributed by atoms with Crippen molar-refractivity contribution in [1.29, 1.82) is 0 Å². The molecule has 2 atom stereocenters. The zero-order valence-corrected chi connectivity index (χ0v) is 13.8. The van der Waals surface area contributed by atoms with Crippen molar-refractivity contribution in [2.24, 2.45) is 11.8 Å². The second kappa shape index (κ2) is 7.75. The van der Waals surface area contributed by atoms with Crippen LogP contribution in [0.3, 0.4) is 0 Å². The molecule has 2 heterocycles. The zero-order chi connectivity index (χ0) is 16.9. The van der Waals surface area contributed by atoms with Crippen LogP contribution in [0.25, 0.3) is 0 Å². The number of piperidine rings is 2. The van der Waals surface area contributed by atoms with Crippen molar-refractivity contribution in [3.63, 3.8) is 0 Å². The molecular formula is C18H24FN3O2. The summed E-state index contributed by atoms with van der Waals surface area (Å²) in [5, 5.41) is 6.02. The lowest BCUT2D eigenvalue weighted by Gasteiger charge is -2.34. The maximum Gasteiger partial charge on any atom is 0.228 e. The van der Waals surface area contributed by atoms with Crippen molar-refractivity contribution in [1.82, 2.24) is 10.2 Å². The van der Waals surface area contributed by atoms with Crippen LogP contribution in [0.15, 0.2) is 24.3 Å². The van der Waals surface area contributed by atoms with Gasteiger partial charge in [0.1, 0.15) is 5.82 Å². The number of benzene rings is 1. The van der Waals surface area contributed by atoms with Gasteiger partial charge in [0.2, 0.25) is 11.8 Å². The van der Waals surface area contributed by atoms with E-state index in [-0.39, 0.29) is 29.5 Å². The summed E-state index contributed by atoms with van der Waals surface area (Å²) in [7, 11) is 0. The van der Waals surface area contributed by atoms with Gasteiger partial charge in [0, 0.05) is 31.9 Å². The van der Waals surface area contributed by atoms with E-state index >= 15 is 0 Å². The quantitative estimate of drug-likeness (QED) is 0.889. The predicted molar refractivity (Wildman–Crippen MR) is 89.9 cm³/mol. The fourth-order valence-electron chi connectivity index (χ4n) is 3.48. The van der Waals surface area contributed by atoms with E-state index in [2.05, 4.69) is 10.6 Å². The van der Waals surface area contributed by atoms with Crippen LogP contribution in [0.2, 0.25) is 0 Å². The molecule has 0 radical (unpaired) electrons. The lowest BCUT2D eigenvalue weighted by molar-refractivity contribution is -0.138. The molecule has 0 bridgehead atoms. The highest BCUT2D eigenvalue weighted by Crippen LogP contribution is 2.22. The van der Waals surface area contributed by atoms with E-state index in [9.17, 15) is 14.0 Å². The van der Waals surface area contributed by atoms with E-state index in [1.54, 1.807) is 12.1 Å². The maximum atomic E-state index is 12.9. The number of carbonyl (C=O) groups excluding carboxylic acids is 2. The number of nitrogens with one attached hydrogen (secondary N) is 2. The van der Waals surface area contributed by atoms with E-state index in [4.69, 9.17) is 0 Å². The molecule has 2 amide bonds. The summed E-state index contributed by atoms with van der Waals surface area (Å²) in [6.45, 7) is 2.87. The monoisotopic (exact) mass is 333 g/mol. The Morgan fingerprint density at radius 2 is 1.71 bits per heavy atom. The van der Waals surface area contributed by atoms with Gasteiger partial charge >= 0.3 is 0 Å². The van der Waals surface area contributed by atoms with Gasteiger partial charge in [0.15, 0.2) is 0 Å². The standard InChI is InChI=1S/C18H24FN3O2/c19-15-4-6-16(7-5-15)21-17(23)13-10-14(12-20-11-13)18(24)22-8-2-1-3-9-22/h4-7,13-14,20H,1-3,8-12H2,(H,21,23)/t13-,14+/m1/s1. The first kappa shape index (κ1) is 16.9. The SMILES string of the molecule is O=C(Nc1ccc(F)cc1)[C@H]1CNC[C@@H](C(=O)N2CCCCC2)C1. The number of nitrogens with zero attached hydrogens (tertiary/aromatic N) is 1. The Kier molecular flexibility index (Phi) is 5.45. The van der Waals surface area contributed by atoms with Crippen LogP contribution in [-0.4, -0.2) is 42.9 Å². The fourth-order valence-corrected chi connectivity index (χ4v) is 3.48. The average molecular weight is 333 g/mol. The smallest absolute Gasteiger partial charge is 0.228 e. The molecule has 24 heavy (non-hydrogen) atoms. The Hall–Kier alpha value is -1.95. The molecule has 2 aliphatic rings. The molecule has 0 unspecified atom stereocenters. The van der Waals surface area contributed by atoms with Gasteiger partial charge in [0.05, 0.1) is 11.8 Å². The summed E-state index contributed by atoms with van der Waals surface area (Å²) in [4.78, 5) is 27.0. The molecule has 2 aliphatic heterocycles. The molecule has 6 heteroatoms. The molecule has 0 spiro atoms. The third-order valence-electron chi connectivity index (χ3n) is 4.85. The summed E-state index contributed by atoms with van der Waals surface area (Å²) in [5.41, 5.74) is 0.575. The third-order valence-corrected chi connectivity index (χ3v) is 4.85. The van der Waals surface area contributed by atoms with E-state index in [0.29, 0.717) is 25.2 Å². The Bertz CT molecular complexity index is 584. The molecule has 2 N–H and O–H groups in total. The van der Waals surface area contributed by atoms with Crippen LogP contribution < -0.4 is 10.6 Å². The molecule has 2 saturated heterocycles. The van der Waals surface area contributed by atoms with Gasteiger partial charge in [0.25, 0.3) is 0 Å². The van der Waals surface area contributed by atoms with Gasteiger partial charge in [-0.15, -0.1) is 0 Å². The van der Waals surface area contributed by atoms with E-state index in [1.165, 1.54) is 18.6 Å². The number of amides is 2. The second-order valence-corrected chi connectivity index (χ2v) is 6.67. The zero-order valence-electron chi connectivity index (χ0n) is 13.8. The highest BCUT2D eigenvalue weighted by molar-refractivity contribution is 5.93. The second-order valence-electron chi connectivity index (χ2n) is 6.67. The molecule has 1 aromatic carbocycles. The predicted octanol–water partition coefficient (Wildman–Crippen LogP) is 2.00. The van der Waals surface area contributed by atoms with Gasteiger partial charge < -0.3 is 15.5 Å². The fraction of sp³-hybridized carbons (Fsp3) is 0.556. The van der Waals surface area contributed by atoms with Gasteiger partial charge in [-0.2, -0.15) is 0 Å². The number of anilines is 1. The van der Waals surface area contributed by atoms with Crippen LogP contribution in [0.5, 0.6) is 0 Å². The molecule has 130 valence electrons. The van der Waals surface area contributed by atoms with Gasteiger partial charge in [-0.3, -0.25) is 9.59 Å². The minimum Gasteiger partial charge on any atom is -0.342 e. The molecular weight excluding hydrogens is 309 g/mol. The van der Waals surface area contributed by atoms with Gasteiger partial charge in [-0.1, -0.05) is 0 Å². The Morgan fingerprint density at radius 3 is 2.42 bits per heavy atom. The van der Waals surface area contributed by atoms with Crippen molar-refractivity contribution >= 4 is 17.5 Å². The lowest BCUT2D eigenvalue weighted by Crippen LogP contribution is -2.49. The molecule has 1 aromatic rings. The summed E-state index contributed by atoms with van der Waals surface area (Å²) in [5.74, 6) is -0.672. The number of carbonyl (C=O) groups is 2. The first-order valence-electron chi connectivity index (χ1n) is 8.69. The summed E-state index contributed by atoms with van der Waals surface area (Å²) >= 11 is 0. The molecule has 3 rings (SSSR count). The molecule has 0 aromatic heterocycles. The van der Waals surface area contributed by atoms with Crippen molar-refractivity contribution in [3.8, 4) is 0 Å². The normalized spacial score (nSPS) is 24.5. The Morgan fingerprint density at radius 1 is 1.04 bits per heavy atom. The number of hydrogen-bond acceptors (Lipinski definition) is 3. The number of hydrogen-bond donors (Lipinski definition) is 2. The maximum absolute atomic E-state index is 12.9. The first-order chi connectivity index (χ1) is 11.6. The molecule has 2 fully saturated rings. The highest BCUT2D eigenvalue weighted by Gasteiger charge is 2.33. The lowest BCUT2D eigenvalue weighted by atomic mass is 9.88. The van der Waals surface area contributed by atoms with Crippen molar-refractivity contribution < 1.29 is 14.0 Å². The Labute approximate surface area is 141 Å². The number of halogens is 1. The first-order valence-corrected chi connectivity index (χ1v) is 8.69. The minimum absolute atomic E-state index is 0.120. The van der Waals surface area contributed by atoms with Crippen LogP contribution in [0.1, 0.15) is 25.7 Å².